The molecule has 0 aliphatic heterocycles. The molecule has 0 fully saturated rings. The molecule has 0 amide bonds. The minimum atomic E-state index is 0.670. The van der Waals surface area contributed by atoms with Gasteiger partial charge in [-0.25, -0.2) is 4.98 Å². The number of hydrogen-bond donors (Lipinski definition) is 1. The molecule has 92 valence electrons. The van der Waals surface area contributed by atoms with E-state index in [1.54, 1.807) is 0 Å². The molecule has 1 N–H and O–H groups in total. The van der Waals surface area contributed by atoms with Crippen LogP contribution in [0.4, 0.5) is 0 Å². The average Bonchev–Trinajstić information content (AvgIpc) is 2.87. The fourth-order valence-corrected chi connectivity index (χ4v) is 1.83. The van der Waals surface area contributed by atoms with Gasteiger partial charge in [0.25, 0.3) is 0 Å². The molecule has 0 aliphatic rings. The van der Waals surface area contributed by atoms with Crippen LogP contribution in [0.2, 0.25) is 0 Å². The van der Waals surface area contributed by atoms with E-state index in [2.05, 4.69) is 40.1 Å². The first-order valence-electron chi connectivity index (χ1n) is 5.98. The van der Waals surface area contributed by atoms with Crippen LogP contribution in [0.3, 0.4) is 0 Å². The van der Waals surface area contributed by atoms with Crippen molar-refractivity contribution < 1.29 is 4.42 Å². The molecule has 0 unspecified atom stereocenters. The van der Waals surface area contributed by atoms with Gasteiger partial charge < -0.3 is 14.3 Å². The topological polar surface area (TPSA) is 43.0 Å². The molecule has 0 aliphatic carbocycles. The quantitative estimate of drug-likeness (QED) is 0.862. The van der Waals surface area contributed by atoms with Crippen molar-refractivity contribution in [1.29, 1.82) is 0 Å². The van der Waals surface area contributed by atoms with Gasteiger partial charge in [-0.3, -0.25) is 0 Å². The summed E-state index contributed by atoms with van der Waals surface area (Å²) < 4.78 is 7.73. The molecule has 0 atom stereocenters. The lowest BCUT2D eigenvalue weighted by atomic mass is 10.4. The van der Waals surface area contributed by atoms with Crippen LogP contribution >= 0.6 is 0 Å². The third kappa shape index (κ3) is 2.77. The molecule has 0 spiro atoms. The molecule has 2 heterocycles. The van der Waals surface area contributed by atoms with Crippen LogP contribution in [-0.4, -0.2) is 9.55 Å². The lowest BCUT2D eigenvalue weighted by Crippen LogP contribution is -2.15. The zero-order valence-electron chi connectivity index (χ0n) is 10.7. The fraction of sp³-hybridized carbons (Fsp3) is 0.462. The summed E-state index contributed by atoms with van der Waals surface area (Å²) in [6, 6.07) is 4.20. The Morgan fingerprint density at radius 1 is 1.35 bits per heavy atom. The molecule has 2 rings (SSSR count). The van der Waals surface area contributed by atoms with Gasteiger partial charge in [-0.1, -0.05) is 0 Å². The van der Waals surface area contributed by atoms with E-state index in [-0.39, 0.29) is 0 Å². The van der Waals surface area contributed by atoms with Crippen molar-refractivity contribution in [3.05, 3.63) is 41.4 Å². The van der Waals surface area contributed by atoms with Crippen LogP contribution in [0.5, 0.6) is 0 Å². The maximum Gasteiger partial charge on any atom is 0.208 e. The Kier molecular flexibility index (Phi) is 3.64. The molecular formula is C13H19N3O. The van der Waals surface area contributed by atoms with Crippen LogP contribution < -0.4 is 5.32 Å². The Hall–Kier alpha value is -1.55. The first kappa shape index (κ1) is 11.9. The third-order valence-electron chi connectivity index (χ3n) is 2.92. The normalized spacial score (nSPS) is 11.0. The molecule has 0 radical (unpaired) electrons. The minimum Gasteiger partial charge on any atom is -0.444 e. The highest BCUT2D eigenvalue weighted by molar-refractivity contribution is 5.07. The van der Waals surface area contributed by atoms with Gasteiger partial charge in [0, 0.05) is 25.0 Å². The van der Waals surface area contributed by atoms with Crippen molar-refractivity contribution in [3.8, 4) is 0 Å². The van der Waals surface area contributed by atoms with Crippen LogP contribution in [0.1, 0.15) is 30.0 Å². The predicted molar refractivity (Wildman–Crippen MR) is 66.6 cm³/mol. The van der Waals surface area contributed by atoms with E-state index in [0.717, 1.165) is 30.4 Å². The van der Waals surface area contributed by atoms with Gasteiger partial charge in [0.1, 0.15) is 5.76 Å². The van der Waals surface area contributed by atoms with Gasteiger partial charge in [-0.15, -0.1) is 0 Å². The van der Waals surface area contributed by atoms with E-state index in [1.165, 1.54) is 5.69 Å². The van der Waals surface area contributed by atoms with Crippen LogP contribution in [0, 0.1) is 13.8 Å². The molecule has 0 bridgehead atoms. The zero-order valence-corrected chi connectivity index (χ0v) is 10.7. The highest BCUT2D eigenvalue weighted by Crippen LogP contribution is 2.08. The Labute approximate surface area is 102 Å². The van der Waals surface area contributed by atoms with E-state index in [0.29, 0.717) is 6.54 Å². The largest absolute Gasteiger partial charge is 0.444 e. The van der Waals surface area contributed by atoms with Gasteiger partial charge >= 0.3 is 0 Å². The Balaban J connectivity index is 1.87. The summed E-state index contributed by atoms with van der Waals surface area (Å²) in [6.45, 7) is 8.55. The highest BCUT2D eigenvalue weighted by atomic mass is 16.4. The summed E-state index contributed by atoms with van der Waals surface area (Å²) in [6.07, 6.45) is 2.09. The second-order valence-electron chi connectivity index (χ2n) is 4.14. The third-order valence-corrected chi connectivity index (χ3v) is 2.92. The van der Waals surface area contributed by atoms with E-state index < -0.39 is 0 Å². The smallest absolute Gasteiger partial charge is 0.208 e. The van der Waals surface area contributed by atoms with E-state index in [1.807, 2.05) is 13.8 Å². The first-order chi connectivity index (χ1) is 8.20. The predicted octanol–water partition coefficient (Wildman–Crippen LogP) is 2.40. The lowest BCUT2D eigenvalue weighted by Gasteiger charge is -2.06. The zero-order chi connectivity index (χ0) is 12.3. The van der Waals surface area contributed by atoms with Crippen LogP contribution in [-0.2, 0) is 19.6 Å². The number of nitrogens with one attached hydrogen (secondary N) is 1. The van der Waals surface area contributed by atoms with Crippen LogP contribution in [0.25, 0.3) is 0 Å². The van der Waals surface area contributed by atoms with Crippen molar-refractivity contribution in [2.45, 2.75) is 40.4 Å². The number of oxazole rings is 1. The SMILES string of the molecule is CCn1cccc1CNCc1nc(C)c(C)o1. The fourth-order valence-electron chi connectivity index (χ4n) is 1.83. The Morgan fingerprint density at radius 3 is 2.82 bits per heavy atom. The first-order valence-corrected chi connectivity index (χ1v) is 5.98. The van der Waals surface area contributed by atoms with E-state index in [4.69, 9.17) is 4.42 Å². The second-order valence-corrected chi connectivity index (χ2v) is 4.14. The molecule has 0 saturated carbocycles. The van der Waals surface area contributed by atoms with Gasteiger partial charge in [-0.05, 0) is 32.9 Å². The van der Waals surface area contributed by atoms with Crippen molar-refractivity contribution in [1.82, 2.24) is 14.9 Å². The van der Waals surface area contributed by atoms with Gasteiger partial charge in [0.05, 0.1) is 12.2 Å². The molecule has 4 nitrogen and oxygen atoms in total. The number of hydrogen-bond acceptors (Lipinski definition) is 3. The summed E-state index contributed by atoms with van der Waals surface area (Å²) in [4.78, 5) is 4.34. The second kappa shape index (κ2) is 5.19. The monoisotopic (exact) mass is 233 g/mol. The summed E-state index contributed by atoms with van der Waals surface area (Å²) in [5, 5.41) is 3.34. The van der Waals surface area contributed by atoms with Crippen molar-refractivity contribution in [2.24, 2.45) is 0 Å². The summed E-state index contributed by atoms with van der Waals surface area (Å²) >= 11 is 0. The summed E-state index contributed by atoms with van der Waals surface area (Å²) in [5.41, 5.74) is 2.26. The van der Waals surface area contributed by atoms with Gasteiger partial charge in [-0.2, -0.15) is 0 Å². The van der Waals surface area contributed by atoms with E-state index in [9.17, 15) is 0 Å². The highest BCUT2D eigenvalue weighted by Gasteiger charge is 2.05. The number of nitrogens with zero attached hydrogens (tertiary/aromatic N) is 2. The van der Waals surface area contributed by atoms with Gasteiger partial charge in [0.15, 0.2) is 0 Å². The maximum absolute atomic E-state index is 5.51. The summed E-state index contributed by atoms with van der Waals surface area (Å²) in [7, 11) is 0. The molecular weight excluding hydrogens is 214 g/mol. The molecule has 2 aromatic rings. The molecule has 2 aromatic heterocycles. The number of aromatic nitrogens is 2. The number of rotatable bonds is 5. The van der Waals surface area contributed by atoms with E-state index >= 15 is 0 Å². The number of aryl methyl sites for hydroxylation is 3. The average molecular weight is 233 g/mol. The maximum atomic E-state index is 5.51. The molecule has 0 saturated heterocycles. The molecule has 17 heavy (non-hydrogen) atoms. The minimum absolute atomic E-state index is 0.670. The van der Waals surface area contributed by atoms with Crippen molar-refractivity contribution in [3.63, 3.8) is 0 Å². The Morgan fingerprint density at radius 2 is 2.18 bits per heavy atom. The van der Waals surface area contributed by atoms with Crippen molar-refractivity contribution >= 4 is 0 Å². The Bertz CT molecular complexity index is 465. The van der Waals surface area contributed by atoms with Crippen LogP contribution in [0.15, 0.2) is 22.7 Å². The standard InChI is InChI=1S/C13H19N3O/c1-4-16-7-5-6-12(16)8-14-9-13-15-10(2)11(3)17-13/h5-7,14H,4,8-9H2,1-3H3. The molecule has 0 aromatic carbocycles. The lowest BCUT2D eigenvalue weighted by molar-refractivity contribution is 0.446. The summed E-state index contributed by atoms with van der Waals surface area (Å²) in [5.74, 6) is 1.66. The van der Waals surface area contributed by atoms with Crippen molar-refractivity contribution in [2.75, 3.05) is 0 Å². The van der Waals surface area contributed by atoms with Gasteiger partial charge in [0.2, 0.25) is 5.89 Å². The molecule has 4 heteroatoms.